The van der Waals surface area contributed by atoms with Gasteiger partial charge in [-0.3, -0.25) is 0 Å². The molecule has 1 aromatic rings. The average molecular weight is 226 g/mol. The molecule has 1 atom stereocenters. The van der Waals surface area contributed by atoms with Gasteiger partial charge in [-0.2, -0.15) is 23.7 Å². The highest BCUT2D eigenvalue weighted by Gasteiger charge is 2.40. The Balaban J connectivity index is 3.32. The topological polar surface area (TPSA) is 67.8 Å². The fourth-order valence-electron chi connectivity index (χ4n) is 1.14. The molecule has 3 nitrogen and oxygen atoms in total. The van der Waals surface area contributed by atoms with E-state index < -0.39 is 17.8 Å². The van der Waals surface area contributed by atoms with Crippen molar-refractivity contribution < 1.29 is 18.3 Å². The maximum absolute atomic E-state index is 12.2. The molecule has 0 aromatic heterocycles. The van der Waals surface area contributed by atoms with Crippen molar-refractivity contribution in [2.75, 3.05) is 0 Å². The second-order valence-corrected chi connectivity index (χ2v) is 2.97. The fourth-order valence-corrected chi connectivity index (χ4v) is 1.14. The summed E-state index contributed by atoms with van der Waals surface area (Å²) in [6, 6.07) is 6.31. The minimum absolute atomic E-state index is 0.0442. The SMILES string of the molecule is N#Cc1ccc(C#N)c(C(O)C(F)(F)F)c1. The van der Waals surface area contributed by atoms with E-state index in [-0.39, 0.29) is 11.1 Å². The zero-order valence-corrected chi connectivity index (χ0v) is 7.78. The molecule has 0 heterocycles. The van der Waals surface area contributed by atoms with Crippen LogP contribution in [-0.2, 0) is 0 Å². The van der Waals surface area contributed by atoms with Gasteiger partial charge in [0, 0.05) is 5.56 Å². The Morgan fingerprint density at radius 2 is 1.81 bits per heavy atom. The molecule has 0 aliphatic heterocycles. The molecule has 1 aromatic carbocycles. The van der Waals surface area contributed by atoms with Crippen molar-refractivity contribution in [3.63, 3.8) is 0 Å². The van der Waals surface area contributed by atoms with Gasteiger partial charge in [0.15, 0.2) is 6.10 Å². The quantitative estimate of drug-likeness (QED) is 0.796. The van der Waals surface area contributed by atoms with Crippen molar-refractivity contribution in [1.82, 2.24) is 0 Å². The molecule has 82 valence electrons. The average Bonchev–Trinajstić information content (AvgIpc) is 2.25. The van der Waals surface area contributed by atoms with Crippen molar-refractivity contribution in [3.05, 3.63) is 34.9 Å². The number of nitriles is 2. The van der Waals surface area contributed by atoms with Crippen molar-refractivity contribution in [3.8, 4) is 12.1 Å². The standard InChI is InChI=1S/C10H5F3N2O/c11-10(12,13)9(16)8-3-6(4-14)1-2-7(8)5-15/h1-3,9,16H. The molecule has 0 saturated carbocycles. The lowest BCUT2D eigenvalue weighted by molar-refractivity contribution is -0.206. The zero-order valence-electron chi connectivity index (χ0n) is 7.78. The maximum atomic E-state index is 12.2. The highest BCUT2D eigenvalue weighted by atomic mass is 19.4. The summed E-state index contributed by atoms with van der Waals surface area (Å²) in [5.74, 6) is 0. The molecule has 0 radical (unpaired) electrons. The van der Waals surface area contributed by atoms with Crippen LogP contribution in [0.2, 0.25) is 0 Å². The number of benzene rings is 1. The highest BCUT2D eigenvalue weighted by Crippen LogP contribution is 2.34. The number of aliphatic hydroxyl groups is 1. The molecular weight excluding hydrogens is 221 g/mol. The Hall–Kier alpha value is -2.05. The van der Waals surface area contributed by atoms with Crippen LogP contribution in [0.1, 0.15) is 22.8 Å². The second kappa shape index (κ2) is 4.21. The molecule has 0 spiro atoms. The number of hydrogen-bond acceptors (Lipinski definition) is 3. The number of hydrogen-bond donors (Lipinski definition) is 1. The number of aliphatic hydroxyl groups excluding tert-OH is 1. The van der Waals surface area contributed by atoms with Crippen LogP contribution in [-0.4, -0.2) is 11.3 Å². The third kappa shape index (κ3) is 2.30. The predicted molar refractivity (Wildman–Crippen MR) is 46.9 cm³/mol. The summed E-state index contributed by atoms with van der Waals surface area (Å²) < 4.78 is 36.7. The second-order valence-electron chi connectivity index (χ2n) is 2.97. The van der Waals surface area contributed by atoms with Crippen LogP contribution in [0, 0.1) is 22.7 Å². The van der Waals surface area contributed by atoms with Gasteiger partial charge in [-0.15, -0.1) is 0 Å². The lowest BCUT2D eigenvalue weighted by Gasteiger charge is -2.15. The van der Waals surface area contributed by atoms with Crippen molar-refractivity contribution in [2.45, 2.75) is 12.3 Å². The number of halogens is 3. The minimum atomic E-state index is -4.86. The molecule has 1 unspecified atom stereocenters. The summed E-state index contributed by atoms with van der Waals surface area (Å²) in [5, 5.41) is 26.1. The molecule has 0 bridgehead atoms. The first-order valence-electron chi connectivity index (χ1n) is 4.09. The molecule has 0 aliphatic rings. The Bertz CT molecular complexity index is 482. The van der Waals surface area contributed by atoms with Gasteiger partial charge in [0.2, 0.25) is 0 Å². The monoisotopic (exact) mass is 226 g/mol. The van der Waals surface area contributed by atoms with Crippen LogP contribution in [0.5, 0.6) is 0 Å². The van der Waals surface area contributed by atoms with Crippen molar-refractivity contribution in [2.24, 2.45) is 0 Å². The number of rotatable bonds is 1. The molecule has 0 amide bonds. The van der Waals surface area contributed by atoms with E-state index in [4.69, 9.17) is 15.6 Å². The van der Waals surface area contributed by atoms with E-state index in [0.29, 0.717) is 0 Å². The number of alkyl halides is 3. The Morgan fingerprint density at radius 3 is 2.25 bits per heavy atom. The lowest BCUT2D eigenvalue weighted by atomic mass is 10.00. The normalized spacial score (nSPS) is 12.6. The summed E-state index contributed by atoms with van der Waals surface area (Å²) in [7, 11) is 0. The molecule has 1 N–H and O–H groups in total. The molecular formula is C10H5F3N2O. The van der Waals surface area contributed by atoms with Crippen molar-refractivity contribution >= 4 is 0 Å². The molecule has 6 heteroatoms. The van der Waals surface area contributed by atoms with Gasteiger partial charge in [0.05, 0.1) is 23.3 Å². The van der Waals surface area contributed by atoms with Crippen LogP contribution >= 0.6 is 0 Å². The summed E-state index contributed by atoms with van der Waals surface area (Å²) in [5.41, 5.74) is -0.949. The third-order valence-corrected chi connectivity index (χ3v) is 1.91. The fraction of sp³-hybridized carbons (Fsp3) is 0.200. The summed E-state index contributed by atoms with van der Waals surface area (Å²) >= 11 is 0. The Labute approximate surface area is 89.0 Å². The largest absolute Gasteiger partial charge is 0.418 e. The Morgan fingerprint density at radius 1 is 1.19 bits per heavy atom. The number of nitrogens with zero attached hydrogens (tertiary/aromatic N) is 2. The first-order valence-corrected chi connectivity index (χ1v) is 4.09. The van der Waals surface area contributed by atoms with Crippen molar-refractivity contribution in [1.29, 1.82) is 10.5 Å². The smallest absolute Gasteiger partial charge is 0.379 e. The third-order valence-electron chi connectivity index (χ3n) is 1.91. The molecule has 0 saturated heterocycles. The molecule has 0 fully saturated rings. The van der Waals surface area contributed by atoms with E-state index in [0.717, 1.165) is 12.1 Å². The highest BCUT2D eigenvalue weighted by molar-refractivity contribution is 5.45. The van der Waals surface area contributed by atoms with Gasteiger partial charge in [-0.05, 0) is 18.2 Å². The molecule has 1 rings (SSSR count). The molecule has 0 aliphatic carbocycles. The van der Waals surface area contributed by atoms with Crippen LogP contribution in [0.25, 0.3) is 0 Å². The van der Waals surface area contributed by atoms with Gasteiger partial charge < -0.3 is 5.11 Å². The summed E-state index contributed by atoms with van der Waals surface area (Å²) in [6.45, 7) is 0. The Kier molecular flexibility index (Phi) is 3.17. The van der Waals surface area contributed by atoms with E-state index in [1.165, 1.54) is 12.1 Å². The zero-order chi connectivity index (χ0) is 12.3. The van der Waals surface area contributed by atoms with Crippen LogP contribution in [0.4, 0.5) is 13.2 Å². The van der Waals surface area contributed by atoms with E-state index in [9.17, 15) is 13.2 Å². The predicted octanol–water partition coefficient (Wildman–Crippen LogP) is 2.03. The van der Waals surface area contributed by atoms with Gasteiger partial charge in [0.1, 0.15) is 0 Å². The lowest BCUT2D eigenvalue weighted by Crippen LogP contribution is -2.21. The van der Waals surface area contributed by atoms with Crippen LogP contribution in [0.15, 0.2) is 18.2 Å². The van der Waals surface area contributed by atoms with E-state index in [1.54, 1.807) is 6.07 Å². The summed E-state index contributed by atoms with van der Waals surface area (Å²) in [4.78, 5) is 0. The van der Waals surface area contributed by atoms with Crippen LogP contribution < -0.4 is 0 Å². The first kappa shape index (κ1) is 12.0. The summed E-state index contributed by atoms with van der Waals surface area (Å²) in [6.07, 6.45) is -7.62. The van der Waals surface area contributed by atoms with E-state index >= 15 is 0 Å². The van der Waals surface area contributed by atoms with Crippen LogP contribution in [0.3, 0.4) is 0 Å². The van der Waals surface area contributed by atoms with Gasteiger partial charge in [-0.1, -0.05) is 0 Å². The van der Waals surface area contributed by atoms with E-state index in [1.807, 2.05) is 0 Å². The minimum Gasteiger partial charge on any atom is -0.379 e. The molecule has 16 heavy (non-hydrogen) atoms. The first-order chi connectivity index (χ1) is 7.40. The van der Waals surface area contributed by atoms with E-state index in [2.05, 4.69) is 0 Å². The maximum Gasteiger partial charge on any atom is 0.418 e. The van der Waals surface area contributed by atoms with Gasteiger partial charge in [-0.25, -0.2) is 0 Å². The van der Waals surface area contributed by atoms with Gasteiger partial charge >= 0.3 is 6.18 Å². The van der Waals surface area contributed by atoms with Gasteiger partial charge in [0.25, 0.3) is 0 Å².